The molecule has 0 saturated carbocycles. The lowest BCUT2D eigenvalue weighted by molar-refractivity contribution is -0.150. The molecule has 7 nitrogen and oxygen atoms in total. The average molecular weight is 562 g/mol. The van der Waals surface area contributed by atoms with Gasteiger partial charge >= 0.3 is 11.9 Å². The van der Waals surface area contributed by atoms with E-state index in [2.05, 4.69) is 0 Å². The van der Waals surface area contributed by atoms with Gasteiger partial charge in [-0.3, -0.25) is 9.59 Å². The Kier molecular flexibility index (Phi) is 11.6. The second-order valence-corrected chi connectivity index (χ2v) is 9.73. The van der Waals surface area contributed by atoms with Crippen LogP contribution < -0.4 is 9.47 Å². The van der Waals surface area contributed by atoms with Gasteiger partial charge in [-0.2, -0.15) is 0 Å². The predicted molar refractivity (Wildman–Crippen MR) is 140 cm³/mol. The molecule has 2 atom stereocenters. The lowest BCUT2D eigenvalue weighted by Gasteiger charge is -2.27. The Labute approximate surface area is 226 Å². The largest absolute Gasteiger partial charge is 0.488 e. The highest BCUT2D eigenvalue weighted by atomic mass is 35.5. The third-order valence-electron chi connectivity index (χ3n) is 5.35. The van der Waals surface area contributed by atoms with Crippen molar-refractivity contribution in [1.29, 1.82) is 0 Å². The number of methoxy groups -OCH3 is 1. The van der Waals surface area contributed by atoms with E-state index >= 15 is 0 Å². The van der Waals surface area contributed by atoms with Gasteiger partial charge in [-0.25, -0.2) is 0 Å². The first-order valence-electron chi connectivity index (χ1n) is 11.2. The Bertz CT molecular complexity index is 1040. The van der Waals surface area contributed by atoms with E-state index in [-0.39, 0.29) is 25.7 Å². The van der Waals surface area contributed by atoms with E-state index in [9.17, 15) is 9.59 Å². The molecule has 0 N–H and O–H groups in total. The van der Waals surface area contributed by atoms with Gasteiger partial charge < -0.3 is 23.7 Å². The first kappa shape index (κ1) is 30.0. The van der Waals surface area contributed by atoms with Crippen molar-refractivity contribution in [2.75, 3.05) is 32.8 Å². The van der Waals surface area contributed by atoms with Gasteiger partial charge in [0, 0.05) is 26.4 Å². The van der Waals surface area contributed by atoms with Gasteiger partial charge in [0.05, 0.1) is 22.5 Å². The number of carbonyl (C=O) groups excluding carboxylic acids is 2. The molecule has 2 rings (SSSR count). The molecule has 36 heavy (non-hydrogen) atoms. The van der Waals surface area contributed by atoms with Crippen molar-refractivity contribution in [3.63, 3.8) is 0 Å². The predicted octanol–water partition coefficient (Wildman–Crippen LogP) is 5.83. The van der Waals surface area contributed by atoms with Crippen LogP contribution in [-0.2, 0) is 29.2 Å². The third kappa shape index (κ3) is 8.73. The molecule has 0 unspecified atom stereocenters. The molecule has 0 fully saturated rings. The normalized spacial score (nSPS) is 13.0. The number of ether oxygens (including phenoxy) is 5. The van der Waals surface area contributed by atoms with Crippen molar-refractivity contribution in [2.45, 2.75) is 45.3 Å². The molecule has 10 heteroatoms. The number of benzene rings is 2. The zero-order valence-corrected chi connectivity index (χ0v) is 23.2. The van der Waals surface area contributed by atoms with Gasteiger partial charge in [-0.05, 0) is 35.4 Å². The van der Waals surface area contributed by atoms with Crippen molar-refractivity contribution >= 4 is 46.7 Å². The van der Waals surface area contributed by atoms with E-state index in [1.165, 1.54) is 21.0 Å². The maximum Gasteiger partial charge on any atom is 0.303 e. The summed E-state index contributed by atoms with van der Waals surface area (Å²) < 4.78 is 26.8. The molecule has 0 spiro atoms. The number of rotatable bonds is 13. The van der Waals surface area contributed by atoms with Gasteiger partial charge in [0.2, 0.25) is 0 Å². The highest BCUT2D eigenvalue weighted by Crippen LogP contribution is 2.38. The van der Waals surface area contributed by atoms with E-state index in [0.29, 0.717) is 21.5 Å². The molecule has 2 aromatic carbocycles. The lowest BCUT2D eigenvalue weighted by Crippen LogP contribution is -2.28. The summed E-state index contributed by atoms with van der Waals surface area (Å²) in [5.74, 6) is 0.190. The standard InChI is InChI=1S/C26H31Cl3O7/c1-16(30)35-20(12-27)14-33-24-8-6-18(10-22(24)28)26(3,4)19-7-9-25(23(29)11-19)34-15-21(13-32-5)36-17(2)31/h6-11,20-21H,12-15H2,1-5H3/t20-,21+/m0/s1. The summed E-state index contributed by atoms with van der Waals surface area (Å²) in [7, 11) is 1.52. The van der Waals surface area contributed by atoms with Gasteiger partial charge in [-0.15, -0.1) is 11.6 Å². The Balaban J connectivity index is 2.13. The number of carbonyl (C=O) groups is 2. The molecular formula is C26H31Cl3O7. The molecular weight excluding hydrogens is 531 g/mol. The van der Waals surface area contributed by atoms with Crippen LogP contribution >= 0.6 is 34.8 Å². The fourth-order valence-electron chi connectivity index (χ4n) is 3.43. The summed E-state index contributed by atoms with van der Waals surface area (Å²) in [6.07, 6.45) is -1.12. The Hall–Kier alpha value is -2.19. The van der Waals surface area contributed by atoms with Crippen molar-refractivity contribution in [3.05, 3.63) is 57.6 Å². The summed E-state index contributed by atoms with van der Waals surface area (Å²) in [4.78, 5) is 22.4. The SMILES string of the molecule is COC[C@H](COc1ccc(C(C)(C)c2ccc(OC[C@H](CCl)OC(C)=O)c(Cl)c2)cc1Cl)OC(C)=O. The van der Waals surface area contributed by atoms with Gasteiger partial charge in [-0.1, -0.05) is 49.2 Å². The Morgan fingerprint density at radius 3 is 1.64 bits per heavy atom. The first-order chi connectivity index (χ1) is 17.0. The van der Waals surface area contributed by atoms with Crippen molar-refractivity contribution in [2.24, 2.45) is 0 Å². The number of esters is 2. The van der Waals surface area contributed by atoms with Crippen LogP contribution in [0.2, 0.25) is 10.0 Å². The molecule has 2 aromatic rings. The smallest absolute Gasteiger partial charge is 0.303 e. The van der Waals surface area contributed by atoms with Crippen molar-refractivity contribution in [1.82, 2.24) is 0 Å². The topological polar surface area (TPSA) is 80.3 Å². The second kappa shape index (κ2) is 13.9. The fraction of sp³-hybridized carbons (Fsp3) is 0.462. The van der Waals surface area contributed by atoms with E-state index in [0.717, 1.165) is 11.1 Å². The maximum atomic E-state index is 11.3. The fourth-order valence-corrected chi connectivity index (χ4v) is 4.05. The Morgan fingerprint density at radius 1 is 0.806 bits per heavy atom. The van der Waals surface area contributed by atoms with Crippen LogP contribution in [0.4, 0.5) is 0 Å². The summed E-state index contributed by atoms with van der Waals surface area (Å²) in [5, 5.41) is 0.834. The molecule has 0 heterocycles. The first-order valence-corrected chi connectivity index (χ1v) is 12.5. The molecule has 0 aliphatic rings. The minimum absolute atomic E-state index is 0.0886. The van der Waals surface area contributed by atoms with Crippen LogP contribution in [-0.4, -0.2) is 57.0 Å². The maximum absolute atomic E-state index is 11.3. The second-order valence-electron chi connectivity index (χ2n) is 8.61. The number of hydrogen-bond acceptors (Lipinski definition) is 7. The van der Waals surface area contributed by atoms with E-state index in [4.69, 9.17) is 58.5 Å². The molecule has 0 radical (unpaired) electrons. The number of alkyl halides is 1. The molecule has 0 aromatic heterocycles. The number of hydrogen-bond donors (Lipinski definition) is 0. The van der Waals surface area contributed by atoms with Crippen molar-refractivity contribution < 1.29 is 33.3 Å². The summed E-state index contributed by atoms with van der Waals surface area (Å²) >= 11 is 18.8. The Morgan fingerprint density at radius 2 is 1.25 bits per heavy atom. The molecule has 0 aliphatic carbocycles. The zero-order chi connectivity index (χ0) is 26.9. The summed E-state index contributed by atoms with van der Waals surface area (Å²) in [6, 6.07) is 11.0. The van der Waals surface area contributed by atoms with E-state index in [1.54, 1.807) is 12.1 Å². The van der Waals surface area contributed by atoms with E-state index < -0.39 is 29.6 Å². The van der Waals surface area contributed by atoms with Crippen LogP contribution in [0.1, 0.15) is 38.8 Å². The highest BCUT2D eigenvalue weighted by molar-refractivity contribution is 6.32. The monoisotopic (exact) mass is 560 g/mol. The van der Waals surface area contributed by atoms with Crippen LogP contribution in [0.5, 0.6) is 11.5 Å². The molecule has 0 saturated heterocycles. The van der Waals surface area contributed by atoms with Crippen LogP contribution in [0, 0.1) is 0 Å². The molecule has 0 aliphatic heterocycles. The minimum atomic E-state index is -0.571. The molecule has 0 bridgehead atoms. The molecule has 198 valence electrons. The average Bonchev–Trinajstić information content (AvgIpc) is 2.80. The summed E-state index contributed by atoms with van der Waals surface area (Å²) in [5.41, 5.74) is 1.43. The lowest BCUT2D eigenvalue weighted by atomic mass is 9.78. The van der Waals surface area contributed by atoms with Crippen LogP contribution in [0.3, 0.4) is 0 Å². The van der Waals surface area contributed by atoms with E-state index in [1.807, 2.05) is 38.1 Å². The third-order valence-corrected chi connectivity index (χ3v) is 6.28. The number of halogens is 3. The molecule has 0 amide bonds. The van der Waals surface area contributed by atoms with Crippen molar-refractivity contribution in [3.8, 4) is 11.5 Å². The van der Waals surface area contributed by atoms with Gasteiger partial charge in [0.15, 0.2) is 6.10 Å². The summed E-state index contributed by atoms with van der Waals surface area (Å²) in [6.45, 7) is 7.14. The highest BCUT2D eigenvalue weighted by Gasteiger charge is 2.26. The van der Waals surface area contributed by atoms with Gasteiger partial charge in [0.25, 0.3) is 0 Å². The minimum Gasteiger partial charge on any atom is -0.488 e. The van der Waals surface area contributed by atoms with Crippen LogP contribution in [0.15, 0.2) is 36.4 Å². The van der Waals surface area contributed by atoms with Gasteiger partial charge in [0.1, 0.15) is 30.8 Å². The quantitative estimate of drug-likeness (QED) is 0.225. The van der Waals surface area contributed by atoms with Crippen LogP contribution in [0.25, 0.3) is 0 Å². The zero-order valence-electron chi connectivity index (χ0n) is 20.9.